The van der Waals surface area contributed by atoms with Gasteiger partial charge >= 0.3 is 0 Å². The highest BCUT2D eigenvalue weighted by molar-refractivity contribution is 5.92. The van der Waals surface area contributed by atoms with Crippen LogP contribution in [0.15, 0.2) is 65.8 Å². The van der Waals surface area contributed by atoms with Crippen LogP contribution < -0.4 is 15.8 Å². The summed E-state index contributed by atoms with van der Waals surface area (Å²) >= 11 is 0. The first kappa shape index (κ1) is 18.5. The van der Waals surface area contributed by atoms with Gasteiger partial charge in [0, 0.05) is 24.6 Å². The zero-order valence-corrected chi connectivity index (χ0v) is 15.4. The highest BCUT2D eigenvalue weighted by Crippen LogP contribution is 2.16. The van der Waals surface area contributed by atoms with E-state index in [-0.39, 0.29) is 0 Å². The number of ether oxygens (including phenoxy) is 2. The maximum atomic E-state index is 6.02. The third-order valence-electron chi connectivity index (χ3n) is 3.97. The monoisotopic (exact) mass is 365 g/mol. The summed E-state index contributed by atoms with van der Waals surface area (Å²) in [5, 5.41) is 7.64. The van der Waals surface area contributed by atoms with Gasteiger partial charge in [-0.05, 0) is 36.4 Å². The Labute approximate surface area is 158 Å². The minimum Gasteiger partial charge on any atom is -0.497 e. The second-order valence-corrected chi connectivity index (χ2v) is 5.87. The highest BCUT2D eigenvalue weighted by Gasteiger charge is 2.04. The Bertz CT molecular complexity index is 903. The van der Waals surface area contributed by atoms with Crippen LogP contribution >= 0.6 is 0 Å². The standard InChI is InChI=1S/C20H23N5O2/c1-26-14-15-5-3-4-6-19(15)23-20(21)22-13-16-11-12-25(24-16)17-7-9-18(27-2)10-8-17/h3-12H,13-14H2,1-2H3,(H3,21,22,23). The molecule has 2 aromatic carbocycles. The number of benzene rings is 2. The lowest BCUT2D eigenvalue weighted by atomic mass is 10.2. The van der Waals surface area contributed by atoms with Crippen LogP contribution in [0.1, 0.15) is 11.3 Å². The maximum absolute atomic E-state index is 6.02. The third-order valence-corrected chi connectivity index (χ3v) is 3.97. The van der Waals surface area contributed by atoms with Gasteiger partial charge in [-0.15, -0.1) is 0 Å². The fourth-order valence-electron chi connectivity index (χ4n) is 2.59. The quantitative estimate of drug-likeness (QED) is 0.497. The molecule has 1 heterocycles. The van der Waals surface area contributed by atoms with Crippen LogP contribution in [-0.2, 0) is 17.9 Å². The van der Waals surface area contributed by atoms with Gasteiger partial charge < -0.3 is 20.5 Å². The van der Waals surface area contributed by atoms with Gasteiger partial charge in [0.1, 0.15) is 5.75 Å². The van der Waals surface area contributed by atoms with Crippen LogP contribution in [-0.4, -0.2) is 30.0 Å². The second-order valence-electron chi connectivity index (χ2n) is 5.87. The topological polar surface area (TPSA) is 86.7 Å². The molecule has 3 rings (SSSR count). The Morgan fingerprint density at radius 2 is 1.89 bits per heavy atom. The first-order valence-electron chi connectivity index (χ1n) is 8.52. The van der Waals surface area contributed by atoms with Gasteiger partial charge in [0.15, 0.2) is 5.96 Å². The molecule has 1 aromatic heterocycles. The summed E-state index contributed by atoms with van der Waals surface area (Å²) in [6, 6.07) is 17.4. The number of nitrogens with two attached hydrogens (primary N) is 1. The predicted octanol–water partition coefficient (Wildman–Crippen LogP) is 2.95. The molecular formula is C20H23N5O2. The van der Waals surface area contributed by atoms with Crippen molar-refractivity contribution in [2.75, 3.05) is 19.5 Å². The van der Waals surface area contributed by atoms with E-state index in [2.05, 4.69) is 15.4 Å². The molecule has 27 heavy (non-hydrogen) atoms. The summed E-state index contributed by atoms with van der Waals surface area (Å²) < 4.78 is 12.2. The van der Waals surface area contributed by atoms with Crippen LogP contribution in [0, 0.1) is 0 Å². The van der Waals surface area contributed by atoms with Gasteiger partial charge in [-0.25, -0.2) is 9.67 Å². The van der Waals surface area contributed by atoms with Crippen LogP contribution in [0.3, 0.4) is 0 Å². The number of aromatic nitrogens is 2. The number of nitrogens with zero attached hydrogens (tertiary/aromatic N) is 3. The average molecular weight is 365 g/mol. The molecule has 0 radical (unpaired) electrons. The van der Waals surface area contributed by atoms with E-state index >= 15 is 0 Å². The summed E-state index contributed by atoms with van der Waals surface area (Å²) in [5.74, 6) is 1.14. The molecule has 0 saturated heterocycles. The summed E-state index contributed by atoms with van der Waals surface area (Å²) in [5.41, 5.74) is 9.68. The van der Waals surface area contributed by atoms with Crippen LogP contribution in [0.4, 0.5) is 5.69 Å². The smallest absolute Gasteiger partial charge is 0.193 e. The number of anilines is 1. The number of aliphatic imine (C=N–C) groups is 1. The Balaban J connectivity index is 1.65. The van der Waals surface area contributed by atoms with E-state index in [1.807, 2.05) is 60.8 Å². The molecule has 0 aliphatic rings. The summed E-state index contributed by atoms with van der Waals surface area (Å²) in [6.45, 7) is 0.886. The molecule has 0 bridgehead atoms. The Morgan fingerprint density at radius 3 is 2.63 bits per heavy atom. The number of rotatable bonds is 7. The van der Waals surface area contributed by atoms with E-state index < -0.39 is 0 Å². The summed E-state index contributed by atoms with van der Waals surface area (Å²) in [7, 11) is 3.30. The highest BCUT2D eigenvalue weighted by atomic mass is 16.5. The number of hydrogen-bond acceptors (Lipinski definition) is 4. The average Bonchev–Trinajstić information content (AvgIpc) is 3.17. The van der Waals surface area contributed by atoms with Gasteiger partial charge in [0.05, 0.1) is 31.6 Å². The molecule has 0 amide bonds. The predicted molar refractivity (Wildman–Crippen MR) is 106 cm³/mol. The van der Waals surface area contributed by atoms with Crippen LogP contribution in [0.2, 0.25) is 0 Å². The van der Waals surface area contributed by atoms with Gasteiger partial charge in [-0.3, -0.25) is 0 Å². The van der Waals surface area contributed by atoms with Gasteiger partial charge in [0.25, 0.3) is 0 Å². The lowest BCUT2D eigenvalue weighted by molar-refractivity contribution is 0.185. The van der Waals surface area contributed by atoms with E-state index in [1.54, 1.807) is 18.9 Å². The molecule has 0 saturated carbocycles. The fourth-order valence-corrected chi connectivity index (χ4v) is 2.59. The van der Waals surface area contributed by atoms with Crippen molar-refractivity contribution in [3.63, 3.8) is 0 Å². The normalized spacial score (nSPS) is 11.4. The van der Waals surface area contributed by atoms with Crippen LogP contribution in [0.5, 0.6) is 5.75 Å². The number of hydrogen-bond donors (Lipinski definition) is 2. The van der Waals surface area contributed by atoms with Gasteiger partial charge in [-0.2, -0.15) is 5.10 Å². The van der Waals surface area contributed by atoms with E-state index in [0.29, 0.717) is 19.1 Å². The lowest BCUT2D eigenvalue weighted by Gasteiger charge is -2.10. The van der Waals surface area contributed by atoms with Crippen molar-refractivity contribution in [3.05, 3.63) is 72.1 Å². The fraction of sp³-hybridized carbons (Fsp3) is 0.200. The van der Waals surface area contributed by atoms with Crippen molar-refractivity contribution < 1.29 is 9.47 Å². The maximum Gasteiger partial charge on any atom is 0.193 e. The molecule has 0 aliphatic carbocycles. The summed E-state index contributed by atoms with van der Waals surface area (Å²) in [4.78, 5) is 4.37. The minimum absolute atomic E-state index is 0.331. The van der Waals surface area contributed by atoms with Crippen molar-refractivity contribution in [2.45, 2.75) is 13.2 Å². The number of methoxy groups -OCH3 is 2. The van der Waals surface area contributed by atoms with E-state index in [9.17, 15) is 0 Å². The molecule has 3 aromatic rings. The Hall–Kier alpha value is -3.32. The third kappa shape index (κ3) is 4.86. The first-order valence-corrected chi connectivity index (χ1v) is 8.52. The molecular weight excluding hydrogens is 342 g/mol. The largest absolute Gasteiger partial charge is 0.497 e. The van der Waals surface area contributed by atoms with E-state index in [1.165, 1.54) is 0 Å². The van der Waals surface area contributed by atoms with Crippen molar-refractivity contribution in [3.8, 4) is 11.4 Å². The molecule has 0 unspecified atom stereocenters. The number of nitrogens with one attached hydrogen (secondary N) is 1. The number of guanidine groups is 1. The lowest BCUT2D eigenvalue weighted by Crippen LogP contribution is -2.23. The Kier molecular flexibility index (Phi) is 6.06. The van der Waals surface area contributed by atoms with Crippen LogP contribution in [0.25, 0.3) is 5.69 Å². The Morgan fingerprint density at radius 1 is 1.11 bits per heavy atom. The molecule has 0 atom stereocenters. The molecule has 3 N–H and O–H groups in total. The zero-order chi connectivity index (χ0) is 19.1. The molecule has 140 valence electrons. The first-order chi connectivity index (χ1) is 13.2. The van der Waals surface area contributed by atoms with E-state index in [0.717, 1.165) is 28.4 Å². The van der Waals surface area contributed by atoms with Crippen molar-refractivity contribution in [1.82, 2.24) is 9.78 Å². The van der Waals surface area contributed by atoms with Crippen molar-refractivity contribution in [1.29, 1.82) is 0 Å². The molecule has 7 nitrogen and oxygen atoms in total. The van der Waals surface area contributed by atoms with Gasteiger partial charge in [0.2, 0.25) is 0 Å². The molecule has 0 fully saturated rings. The SMILES string of the molecule is COCc1ccccc1NC(N)=NCc1ccn(-c2ccc(OC)cc2)n1. The molecule has 0 spiro atoms. The van der Waals surface area contributed by atoms with Crippen molar-refractivity contribution >= 4 is 11.6 Å². The molecule has 0 aliphatic heterocycles. The van der Waals surface area contributed by atoms with Crippen molar-refractivity contribution in [2.24, 2.45) is 10.7 Å². The summed E-state index contributed by atoms with van der Waals surface area (Å²) in [6.07, 6.45) is 1.89. The van der Waals surface area contributed by atoms with Gasteiger partial charge in [-0.1, -0.05) is 18.2 Å². The zero-order valence-electron chi connectivity index (χ0n) is 15.4. The van der Waals surface area contributed by atoms with E-state index in [4.69, 9.17) is 15.2 Å². The second kappa shape index (κ2) is 8.86. The number of para-hydroxylation sites is 1. The molecule has 7 heteroatoms. The minimum atomic E-state index is 0.331.